The van der Waals surface area contributed by atoms with E-state index in [4.69, 9.17) is 9.84 Å². The van der Waals surface area contributed by atoms with Crippen molar-refractivity contribution in [3.8, 4) is 0 Å². The number of benzene rings is 1. The van der Waals surface area contributed by atoms with E-state index in [2.05, 4.69) is 9.97 Å². The number of ether oxygens (including phenoxy) is 1. The molecule has 18 heavy (non-hydrogen) atoms. The van der Waals surface area contributed by atoms with Gasteiger partial charge in [-0.3, -0.25) is 0 Å². The number of rotatable bonds is 2. The third-order valence-electron chi connectivity index (χ3n) is 3.31. The van der Waals surface area contributed by atoms with Gasteiger partial charge in [0.15, 0.2) is 0 Å². The predicted molar refractivity (Wildman–Crippen MR) is 65.8 cm³/mol. The van der Waals surface area contributed by atoms with Crippen LogP contribution in [0.1, 0.15) is 34.9 Å². The van der Waals surface area contributed by atoms with Crippen LogP contribution >= 0.6 is 0 Å². The van der Waals surface area contributed by atoms with Crippen molar-refractivity contribution in [2.75, 3.05) is 13.2 Å². The summed E-state index contributed by atoms with van der Waals surface area (Å²) in [4.78, 5) is 18.8. The van der Waals surface area contributed by atoms with E-state index in [0.717, 1.165) is 30.8 Å². The minimum absolute atomic E-state index is 0.242. The summed E-state index contributed by atoms with van der Waals surface area (Å²) in [5.41, 5.74) is 1.55. The van der Waals surface area contributed by atoms with E-state index in [1.807, 2.05) is 6.07 Å². The first-order chi connectivity index (χ1) is 8.75. The molecule has 1 saturated heterocycles. The van der Waals surface area contributed by atoms with Crippen LogP contribution in [0.3, 0.4) is 0 Å². The van der Waals surface area contributed by atoms with Crippen LogP contribution in [0.4, 0.5) is 0 Å². The van der Waals surface area contributed by atoms with Crippen LogP contribution in [-0.2, 0) is 4.74 Å². The standard InChI is InChI=1S/C13H14N2O3/c16-13(17)9-4-1-5-10-11(9)15-12(14-10)8-3-2-6-18-7-8/h1,4-5,8H,2-3,6-7H2,(H,14,15)(H,16,17). The van der Waals surface area contributed by atoms with E-state index in [9.17, 15) is 4.79 Å². The maximum Gasteiger partial charge on any atom is 0.337 e. The molecule has 1 aromatic carbocycles. The number of nitrogens with one attached hydrogen (secondary N) is 1. The monoisotopic (exact) mass is 246 g/mol. The SMILES string of the molecule is O=C(O)c1cccc2[nH]c(C3CCCOC3)nc12. The number of hydrogen-bond acceptors (Lipinski definition) is 3. The number of aromatic nitrogens is 2. The van der Waals surface area contributed by atoms with Crippen LogP contribution in [0.15, 0.2) is 18.2 Å². The van der Waals surface area contributed by atoms with Gasteiger partial charge in [-0.2, -0.15) is 0 Å². The average Bonchev–Trinajstić information content (AvgIpc) is 2.83. The normalized spacial score (nSPS) is 20.1. The van der Waals surface area contributed by atoms with E-state index >= 15 is 0 Å². The number of carbonyl (C=O) groups is 1. The molecule has 0 bridgehead atoms. The summed E-state index contributed by atoms with van der Waals surface area (Å²) in [5, 5.41) is 9.12. The molecular formula is C13H14N2O3. The zero-order valence-corrected chi connectivity index (χ0v) is 9.85. The highest BCUT2D eigenvalue weighted by Gasteiger charge is 2.21. The lowest BCUT2D eigenvalue weighted by Crippen LogP contribution is -2.16. The number of H-pyrrole nitrogens is 1. The Labute approximate surface area is 104 Å². The van der Waals surface area contributed by atoms with Gasteiger partial charge in [-0.05, 0) is 25.0 Å². The molecule has 1 fully saturated rings. The van der Waals surface area contributed by atoms with Gasteiger partial charge in [0.05, 0.1) is 17.7 Å². The third-order valence-corrected chi connectivity index (χ3v) is 3.31. The second kappa shape index (κ2) is 4.42. The van der Waals surface area contributed by atoms with Crippen LogP contribution in [0, 0.1) is 0 Å². The highest BCUT2D eigenvalue weighted by Crippen LogP contribution is 2.26. The Hall–Kier alpha value is -1.88. The second-order valence-electron chi connectivity index (χ2n) is 4.54. The molecule has 0 saturated carbocycles. The quantitative estimate of drug-likeness (QED) is 0.851. The molecule has 1 aliphatic heterocycles. The average molecular weight is 246 g/mol. The van der Waals surface area contributed by atoms with Crippen LogP contribution in [0.2, 0.25) is 0 Å². The molecule has 0 radical (unpaired) electrons. The summed E-state index contributed by atoms with van der Waals surface area (Å²) in [5.74, 6) is 0.129. The lowest BCUT2D eigenvalue weighted by atomic mass is 10.0. The second-order valence-corrected chi connectivity index (χ2v) is 4.54. The molecule has 0 amide bonds. The van der Waals surface area contributed by atoms with E-state index in [-0.39, 0.29) is 11.5 Å². The van der Waals surface area contributed by atoms with Crippen molar-refractivity contribution >= 4 is 17.0 Å². The summed E-state index contributed by atoms with van der Waals surface area (Å²) in [6, 6.07) is 5.15. The van der Waals surface area contributed by atoms with Gasteiger partial charge < -0.3 is 14.8 Å². The van der Waals surface area contributed by atoms with Gasteiger partial charge in [-0.1, -0.05) is 6.07 Å². The van der Waals surface area contributed by atoms with Crippen molar-refractivity contribution < 1.29 is 14.6 Å². The Bertz CT molecular complexity index is 585. The van der Waals surface area contributed by atoms with Crippen molar-refractivity contribution in [1.82, 2.24) is 9.97 Å². The van der Waals surface area contributed by atoms with Crippen molar-refractivity contribution in [2.45, 2.75) is 18.8 Å². The molecule has 2 N–H and O–H groups in total. The molecule has 1 atom stereocenters. The molecule has 3 rings (SSSR count). The van der Waals surface area contributed by atoms with Crippen molar-refractivity contribution in [3.05, 3.63) is 29.6 Å². The minimum atomic E-state index is -0.946. The van der Waals surface area contributed by atoms with Gasteiger partial charge in [0.1, 0.15) is 11.3 Å². The van der Waals surface area contributed by atoms with Crippen LogP contribution in [0.25, 0.3) is 11.0 Å². The number of aromatic amines is 1. The molecule has 0 spiro atoms. The molecule has 2 heterocycles. The van der Waals surface area contributed by atoms with Gasteiger partial charge >= 0.3 is 5.97 Å². The molecule has 2 aromatic rings. The lowest BCUT2D eigenvalue weighted by Gasteiger charge is -2.19. The Morgan fingerprint density at radius 2 is 2.39 bits per heavy atom. The molecule has 5 heteroatoms. The van der Waals surface area contributed by atoms with Gasteiger partial charge in [0, 0.05) is 12.5 Å². The first-order valence-electron chi connectivity index (χ1n) is 6.05. The number of fused-ring (bicyclic) bond motifs is 1. The molecular weight excluding hydrogens is 232 g/mol. The third kappa shape index (κ3) is 1.86. The Morgan fingerprint density at radius 1 is 1.50 bits per heavy atom. The molecule has 1 unspecified atom stereocenters. The fourth-order valence-electron chi connectivity index (χ4n) is 2.37. The Kier molecular flexibility index (Phi) is 2.76. The van der Waals surface area contributed by atoms with Crippen molar-refractivity contribution in [2.24, 2.45) is 0 Å². The van der Waals surface area contributed by atoms with E-state index < -0.39 is 5.97 Å². The fraction of sp³-hybridized carbons (Fsp3) is 0.385. The Morgan fingerprint density at radius 3 is 3.11 bits per heavy atom. The molecule has 94 valence electrons. The molecule has 5 nitrogen and oxygen atoms in total. The number of para-hydroxylation sites is 1. The highest BCUT2D eigenvalue weighted by molar-refractivity contribution is 6.00. The molecule has 0 aliphatic carbocycles. The van der Waals surface area contributed by atoms with Gasteiger partial charge in [-0.25, -0.2) is 9.78 Å². The summed E-state index contributed by atoms with van der Waals surface area (Å²) < 4.78 is 5.43. The van der Waals surface area contributed by atoms with Crippen LogP contribution in [-0.4, -0.2) is 34.3 Å². The first kappa shape index (κ1) is 11.2. The van der Waals surface area contributed by atoms with Crippen LogP contribution in [0.5, 0.6) is 0 Å². The van der Waals surface area contributed by atoms with Crippen molar-refractivity contribution in [3.63, 3.8) is 0 Å². The predicted octanol–water partition coefficient (Wildman–Crippen LogP) is 2.16. The smallest absolute Gasteiger partial charge is 0.337 e. The summed E-state index contributed by atoms with van der Waals surface area (Å²) >= 11 is 0. The number of nitrogens with zero attached hydrogens (tertiary/aromatic N) is 1. The van der Waals surface area contributed by atoms with E-state index in [0.29, 0.717) is 12.1 Å². The van der Waals surface area contributed by atoms with E-state index in [1.165, 1.54) is 0 Å². The first-order valence-corrected chi connectivity index (χ1v) is 6.05. The Balaban J connectivity index is 2.04. The van der Waals surface area contributed by atoms with Crippen molar-refractivity contribution in [1.29, 1.82) is 0 Å². The van der Waals surface area contributed by atoms with Gasteiger partial charge in [0.2, 0.25) is 0 Å². The fourth-order valence-corrected chi connectivity index (χ4v) is 2.37. The van der Waals surface area contributed by atoms with E-state index in [1.54, 1.807) is 12.1 Å². The minimum Gasteiger partial charge on any atom is -0.478 e. The number of hydrogen-bond donors (Lipinski definition) is 2. The molecule has 1 aliphatic rings. The number of aromatic carboxylic acids is 1. The highest BCUT2D eigenvalue weighted by atomic mass is 16.5. The summed E-state index contributed by atoms with van der Waals surface area (Å²) in [6.07, 6.45) is 2.05. The number of imidazole rings is 1. The van der Waals surface area contributed by atoms with Gasteiger partial charge in [-0.15, -0.1) is 0 Å². The largest absolute Gasteiger partial charge is 0.478 e. The van der Waals surface area contributed by atoms with Gasteiger partial charge in [0.25, 0.3) is 0 Å². The zero-order valence-electron chi connectivity index (χ0n) is 9.85. The summed E-state index contributed by atoms with van der Waals surface area (Å²) in [7, 11) is 0. The number of carboxylic acid groups (broad SMARTS) is 1. The number of carboxylic acids is 1. The zero-order chi connectivity index (χ0) is 12.5. The molecule has 1 aromatic heterocycles. The lowest BCUT2D eigenvalue weighted by molar-refractivity contribution is 0.0699. The topological polar surface area (TPSA) is 75.2 Å². The van der Waals surface area contributed by atoms with Crippen LogP contribution < -0.4 is 0 Å². The maximum absolute atomic E-state index is 11.1. The summed E-state index contributed by atoms with van der Waals surface area (Å²) in [6.45, 7) is 1.46. The maximum atomic E-state index is 11.1.